The normalized spacial score (nSPS) is 13.0. The number of methoxy groups -OCH3 is 1. The van der Waals surface area contributed by atoms with Gasteiger partial charge in [-0.1, -0.05) is 22.0 Å². The fourth-order valence-corrected chi connectivity index (χ4v) is 0.910. The molecule has 0 N–H and O–H groups in total. The number of alkyl halides is 1. The molecule has 0 saturated carbocycles. The van der Waals surface area contributed by atoms with Gasteiger partial charge in [0.25, 0.3) is 0 Å². The molecule has 1 unspecified atom stereocenters. The second kappa shape index (κ2) is 7.25. The molecule has 0 spiro atoms. The van der Waals surface area contributed by atoms with Crippen LogP contribution in [0.25, 0.3) is 0 Å². The van der Waals surface area contributed by atoms with Gasteiger partial charge in [0.15, 0.2) is 0 Å². The van der Waals surface area contributed by atoms with Crippen molar-refractivity contribution in [2.75, 3.05) is 25.7 Å². The summed E-state index contributed by atoms with van der Waals surface area (Å²) in [5.74, 6) is 0. The van der Waals surface area contributed by atoms with Gasteiger partial charge in [-0.25, -0.2) is 0 Å². The Morgan fingerprint density at radius 2 is 2.30 bits per heavy atom. The Hall–Kier alpha value is 0.140. The van der Waals surface area contributed by atoms with Crippen LogP contribution < -0.4 is 0 Å². The molecule has 3 heteroatoms. The Kier molecular flexibility index (Phi) is 7.35. The number of halogens is 1. The third-order valence-electron chi connectivity index (χ3n) is 1.03. The zero-order valence-corrected chi connectivity index (χ0v) is 7.76. The Morgan fingerprint density at radius 3 is 2.70 bits per heavy atom. The van der Waals surface area contributed by atoms with Crippen molar-refractivity contribution in [1.82, 2.24) is 0 Å². The second-order valence-electron chi connectivity index (χ2n) is 1.79. The zero-order chi connectivity index (χ0) is 7.82. The van der Waals surface area contributed by atoms with Crippen molar-refractivity contribution in [3.05, 3.63) is 12.7 Å². The summed E-state index contributed by atoms with van der Waals surface area (Å²) >= 11 is 3.29. The molecule has 0 bridgehead atoms. The van der Waals surface area contributed by atoms with Gasteiger partial charge in [0.05, 0.1) is 19.3 Å². The highest BCUT2D eigenvalue weighted by Gasteiger charge is 1.99. The summed E-state index contributed by atoms with van der Waals surface area (Å²) in [4.78, 5) is 0. The zero-order valence-electron chi connectivity index (χ0n) is 6.18. The smallest absolute Gasteiger partial charge is 0.0851 e. The van der Waals surface area contributed by atoms with Crippen LogP contribution in [0, 0.1) is 0 Å². The third kappa shape index (κ3) is 4.97. The van der Waals surface area contributed by atoms with Gasteiger partial charge in [-0.05, 0) is 0 Å². The topological polar surface area (TPSA) is 18.5 Å². The monoisotopic (exact) mass is 208 g/mol. The first-order valence-electron chi connectivity index (χ1n) is 3.14. The number of ether oxygens (including phenoxy) is 2. The van der Waals surface area contributed by atoms with E-state index in [0.29, 0.717) is 13.2 Å². The van der Waals surface area contributed by atoms with Crippen molar-refractivity contribution in [1.29, 1.82) is 0 Å². The van der Waals surface area contributed by atoms with E-state index in [1.54, 1.807) is 13.2 Å². The van der Waals surface area contributed by atoms with Gasteiger partial charge in [0, 0.05) is 12.4 Å². The van der Waals surface area contributed by atoms with E-state index in [4.69, 9.17) is 9.47 Å². The molecule has 0 aromatic heterocycles. The maximum absolute atomic E-state index is 5.29. The Balaban J connectivity index is 3.17. The molecule has 0 heterocycles. The van der Waals surface area contributed by atoms with Crippen molar-refractivity contribution in [2.24, 2.45) is 0 Å². The second-order valence-corrected chi connectivity index (χ2v) is 2.44. The first-order chi connectivity index (χ1) is 4.85. The van der Waals surface area contributed by atoms with E-state index in [0.717, 1.165) is 5.33 Å². The van der Waals surface area contributed by atoms with Gasteiger partial charge in [-0.2, -0.15) is 0 Å². The minimum absolute atomic E-state index is 0.107. The van der Waals surface area contributed by atoms with Gasteiger partial charge in [-0.15, -0.1) is 6.58 Å². The molecule has 0 aromatic rings. The van der Waals surface area contributed by atoms with Crippen LogP contribution in [0.1, 0.15) is 0 Å². The number of rotatable bonds is 6. The third-order valence-corrected chi connectivity index (χ3v) is 1.67. The van der Waals surface area contributed by atoms with E-state index in [1.165, 1.54) is 0 Å². The maximum Gasteiger partial charge on any atom is 0.0851 e. The minimum atomic E-state index is 0.107. The molecule has 0 amide bonds. The van der Waals surface area contributed by atoms with Crippen molar-refractivity contribution in [2.45, 2.75) is 6.10 Å². The molecule has 0 aliphatic heterocycles. The Morgan fingerprint density at radius 1 is 1.60 bits per heavy atom. The number of hydrogen-bond donors (Lipinski definition) is 0. The maximum atomic E-state index is 5.29. The molecule has 2 nitrogen and oxygen atoms in total. The molecule has 60 valence electrons. The predicted molar refractivity (Wildman–Crippen MR) is 45.6 cm³/mol. The van der Waals surface area contributed by atoms with Crippen LogP contribution in [-0.4, -0.2) is 31.8 Å². The first kappa shape index (κ1) is 10.1. The van der Waals surface area contributed by atoms with Crippen LogP contribution in [0.15, 0.2) is 12.7 Å². The van der Waals surface area contributed by atoms with E-state index in [9.17, 15) is 0 Å². The van der Waals surface area contributed by atoms with E-state index < -0.39 is 0 Å². The highest BCUT2D eigenvalue weighted by molar-refractivity contribution is 9.09. The van der Waals surface area contributed by atoms with E-state index >= 15 is 0 Å². The fourth-order valence-electron chi connectivity index (χ4n) is 0.458. The summed E-state index contributed by atoms with van der Waals surface area (Å²) in [7, 11) is 1.65. The summed E-state index contributed by atoms with van der Waals surface area (Å²) in [6.45, 7) is 4.87. The van der Waals surface area contributed by atoms with Crippen LogP contribution in [0.4, 0.5) is 0 Å². The van der Waals surface area contributed by atoms with E-state index in [1.807, 2.05) is 0 Å². The molecule has 0 radical (unpaired) electrons. The summed E-state index contributed by atoms with van der Waals surface area (Å²) in [5, 5.41) is 0.792. The Bertz CT molecular complexity index is 85.7. The summed E-state index contributed by atoms with van der Waals surface area (Å²) in [6.07, 6.45) is 1.87. The molecule has 0 aliphatic carbocycles. The van der Waals surface area contributed by atoms with Crippen LogP contribution >= 0.6 is 15.9 Å². The molecule has 0 fully saturated rings. The number of hydrogen-bond acceptors (Lipinski definition) is 2. The molecule has 10 heavy (non-hydrogen) atoms. The van der Waals surface area contributed by atoms with E-state index in [-0.39, 0.29) is 6.10 Å². The van der Waals surface area contributed by atoms with Crippen molar-refractivity contribution < 1.29 is 9.47 Å². The van der Waals surface area contributed by atoms with Gasteiger partial charge < -0.3 is 9.47 Å². The SMILES string of the molecule is C=CC(CBr)OCCOC. The fraction of sp³-hybridized carbons (Fsp3) is 0.714. The molecule has 0 aliphatic rings. The molecule has 0 aromatic carbocycles. The average Bonchev–Trinajstić information content (AvgIpc) is 1.99. The lowest BCUT2D eigenvalue weighted by Crippen LogP contribution is -2.14. The van der Waals surface area contributed by atoms with Crippen molar-refractivity contribution in [3.8, 4) is 0 Å². The highest BCUT2D eigenvalue weighted by Crippen LogP contribution is 1.97. The molecular weight excluding hydrogens is 196 g/mol. The largest absolute Gasteiger partial charge is 0.382 e. The lowest BCUT2D eigenvalue weighted by molar-refractivity contribution is 0.0500. The van der Waals surface area contributed by atoms with Gasteiger partial charge in [-0.3, -0.25) is 0 Å². The van der Waals surface area contributed by atoms with E-state index in [2.05, 4.69) is 22.5 Å². The average molecular weight is 209 g/mol. The lowest BCUT2D eigenvalue weighted by Gasteiger charge is -2.09. The summed E-state index contributed by atoms with van der Waals surface area (Å²) < 4.78 is 10.1. The Labute approximate surface area is 70.3 Å². The highest BCUT2D eigenvalue weighted by atomic mass is 79.9. The first-order valence-corrected chi connectivity index (χ1v) is 4.26. The molecule has 1 atom stereocenters. The van der Waals surface area contributed by atoms with Gasteiger partial charge >= 0.3 is 0 Å². The van der Waals surface area contributed by atoms with Gasteiger partial charge in [0.1, 0.15) is 0 Å². The summed E-state index contributed by atoms with van der Waals surface area (Å²) in [5.41, 5.74) is 0. The van der Waals surface area contributed by atoms with Crippen LogP contribution in [0.5, 0.6) is 0 Å². The van der Waals surface area contributed by atoms with Crippen molar-refractivity contribution in [3.63, 3.8) is 0 Å². The van der Waals surface area contributed by atoms with Gasteiger partial charge in [0.2, 0.25) is 0 Å². The molecule has 0 rings (SSSR count). The summed E-state index contributed by atoms with van der Waals surface area (Å²) in [6, 6.07) is 0. The van der Waals surface area contributed by atoms with Crippen LogP contribution in [0.3, 0.4) is 0 Å². The lowest BCUT2D eigenvalue weighted by atomic mass is 10.4. The van der Waals surface area contributed by atoms with Crippen LogP contribution in [-0.2, 0) is 9.47 Å². The minimum Gasteiger partial charge on any atom is -0.382 e. The van der Waals surface area contributed by atoms with Crippen molar-refractivity contribution >= 4 is 15.9 Å². The standard InChI is InChI=1S/C7H13BrO2/c1-3-7(6-8)10-5-4-9-2/h3,7H,1,4-6H2,2H3. The molecule has 0 saturated heterocycles. The van der Waals surface area contributed by atoms with Crippen LogP contribution in [0.2, 0.25) is 0 Å². The predicted octanol–water partition coefficient (Wildman–Crippen LogP) is 1.60. The quantitative estimate of drug-likeness (QED) is 0.375. The molecular formula is C7H13BrO2.